The summed E-state index contributed by atoms with van der Waals surface area (Å²) in [7, 11) is 0. The summed E-state index contributed by atoms with van der Waals surface area (Å²) < 4.78 is 18.5. The average Bonchev–Trinajstić information content (AvgIpc) is 3.34. The summed E-state index contributed by atoms with van der Waals surface area (Å²) in [6.45, 7) is 0.984. The Kier molecular flexibility index (Phi) is 7.29. The van der Waals surface area contributed by atoms with Crippen molar-refractivity contribution in [2.75, 3.05) is 13.2 Å². The van der Waals surface area contributed by atoms with Gasteiger partial charge >= 0.3 is 11.7 Å². The van der Waals surface area contributed by atoms with Crippen LogP contribution < -0.4 is 15.0 Å². The minimum absolute atomic E-state index is 0.0496. The number of carboxylic acids is 1. The molecule has 0 atom stereocenters. The number of nitrogens with zero attached hydrogens (tertiary/aromatic N) is 4. The number of furan rings is 1. The predicted molar refractivity (Wildman–Crippen MR) is 149 cm³/mol. The second-order valence-corrected chi connectivity index (χ2v) is 9.26. The SMILES string of the molecule is CCOc1cc(C=Nn2c(-c3cc4cc(Br)ccc4o3)nc3ccccc3c2=O)cc([N+](=O)[O-])c1OCC(=O)O. The van der Waals surface area contributed by atoms with E-state index in [-0.39, 0.29) is 35.3 Å². The van der Waals surface area contributed by atoms with Gasteiger partial charge in [-0.25, -0.2) is 9.78 Å². The molecular formula is C27H19BrN4O8. The minimum atomic E-state index is -1.31. The Balaban J connectivity index is 1.67. The highest BCUT2D eigenvalue weighted by Crippen LogP contribution is 2.38. The van der Waals surface area contributed by atoms with Gasteiger partial charge in [0.2, 0.25) is 11.6 Å². The van der Waals surface area contributed by atoms with Crippen LogP contribution in [-0.4, -0.2) is 45.1 Å². The zero-order chi connectivity index (χ0) is 28.4. The molecule has 0 bridgehead atoms. The first-order valence-electron chi connectivity index (χ1n) is 11.8. The van der Waals surface area contributed by atoms with Crippen LogP contribution in [0, 0.1) is 10.1 Å². The number of carbonyl (C=O) groups is 1. The number of carboxylic acid groups (broad SMARTS) is 1. The van der Waals surface area contributed by atoms with E-state index in [1.54, 1.807) is 43.3 Å². The summed E-state index contributed by atoms with van der Waals surface area (Å²) >= 11 is 3.43. The average molecular weight is 607 g/mol. The summed E-state index contributed by atoms with van der Waals surface area (Å²) in [4.78, 5) is 40.2. The molecule has 0 aliphatic carbocycles. The quantitative estimate of drug-likeness (QED) is 0.135. The number of nitro groups is 1. The molecule has 202 valence electrons. The first-order chi connectivity index (χ1) is 19.2. The molecule has 0 fully saturated rings. The molecule has 0 spiro atoms. The van der Waals surface area contributed by atoms with Gasteiger partial charge in [-0.2, -0.15) is 9.78 Å². The molecule has 0 saturated carbocycles. The van der Waals surface area contributed by atoms with Crippen LogP contribution in [0.3, 0.4) is 0 Å². The number of halogens is 1. The minimum Gasteiger partial charge on any atom is -0.490 e. The van der Waals surface area contributed by atoms with Crippen molar-refractivity contribution in [3.8, 4) is 23.1 Å². The van der Waals surface area contributed by atoms with E-state index in [0.717, 1.165) is 20.6 Å². The van der Waals surface area contributed by atoms with Crippen LogP contribution in [0.4, 0.5) is 5.69 Å². The maximum atomic E-state index is 13.5. The smallest absolute Gasteiger partial charge is 0.341 e. The molecule has 0 unspecified atom stereocenters. The molecule has 2 aromatic heterocycles. The molecule has 3 aromatic carbocycles. The molecule has 13 heteroatoms. The van der Waals surface area contributed by atoms with E-state index in [4.69, 9.17) is 19.0 Å². The maximum absolute atomic E-state index is 13.5. The van der Waals surface area contributed by atoms with E-state index in [1.807, 2.05) is 12.1 Å². The summed E-state index contributed by atoms with van der Waals surface area (Å²) in [6.07, 6.45) is 1.23. The van der Waals surface area contributed by atoms with Gasteiger partial charge in [0.15, 0.2) is 18.1 Å². The molecule has 0 saturated heterocycles. The van der Waals surface area contributed by atoms with Crippen LogP contribution in [0.5, 0.6) is 11.5 Å². The van der Waals surface area contributed by atoms with Crippen LogP contribution in [0.1, 0.15) is 12.5 Å². The monoisotopic (exact) mass is 606 g/mol. The molecule has 0 aliphatic heterocycles. The van der Waals surface area contributed by atoms with Gasteiger partial charge in [0.25, 0.3) is 5.56 Å². The van der Waals surface area contributed by atoms with Crippen LogP contribution >= 0.6 is 15.9 Å². The largest absolute Gasteiger partial charge is 0.490 e. The number of benzene rings is 3. The van der Waals surface area contributed by atoms with Gasteiger partial charge in [-0.3, -0.25) is 14.9 Å². The highest BCUT2D eigenvalue weighted by Gasteiger charge is 2.24. The van der Waals surface area contributed by atoms with Crippen molar-refractivity contribution < 1.29 is 28.7 Å². The van der Waals surface area contributed by atoms with Gasteiger partial charge in [0.1, 0.15) is 5.58 Å². The van der Waals surface area contributed by atoms with Gasteiger partial charge in [-0.15, -0.1) is 0 Å². The first kappa shape index (κ1) is 26.6. The fraction of sp³-hybridized carbons (Fsp3) is 0.111. The van der Waals surface area contributed by atoms with Crippen LogP contribution in [0.25, 0.3) is 33.5 Å². The lowest BCUT2D eigenvalue weighted by Crippen LogP contribution is -2.20. The summed E-state index contributed by atoms with van der Waals surface area (Å²) in [5.41, 5.74) is 0.187. The van der Waals surface area contributed by atoms with Crippen molar-refractivity contribution in [3.05, 3.63) is 91.2 Å². The molecular weight excluding hydrogens is 588 g/mol. The number of rotatable bonds is 9. The van der Waals surface area contributed by atoms with Crippen molar-refractivity contribution in [2.24, 2.45) is 5.10 Å². The highest BCUT2D eigenvalue weighted by molar-refractivity contribution is 9.10. The molecule has 2 heterocycles. The van der Waals surface area contributed by atoms with Gasteiger partial charge in [-0.05, 0) is 49.4 Å². The third-order valence-electron chi connectivity index (χ3n) is 5.67. The molecule has 12 nitrogen and oxygen atoms in total. The van der Waals surface area contributed by atoms with Crippen molar-refractivity contribution in [1.29, 1.82) is 0 Å². The Morgan fingerprint density at radius 1 is 1.20 bits per heavy atom. The van der Waals surface area contributed by atoms with Crippen LogP contribution in [0.2, 0.25) is 0 Å². The lowest BCUT2D eigenvalue weighted by Gasteiger charge is -2.12. The van der Waals surface area contributed by atoms with E-state index in [9.17, 15) is 19.7 Å². The summed E-state index contributed by atoms with van der Waals surface area (Å²) in [5, 5.41) is 26.2. The zero-order valence-corrected chi connectivity index (χ0v) is 22.3. The zero-order valence-electron chi connectivity index (χ0n) is 20.7. The van der Waals surface area contributed by atoms with Crippen LogP contribution in [-0.2, 0) is 4.79 Å². The molecule has 1 N–H and O–H groups in total. The number of fused-ring (bicyclic) bond motifs is 2. The van der Waals surface area contributed by atoms with Gasteiger partial charge in [-0.1, -0.05) is 28.1 Å². The van der Waals surface area contributed by atoms with E-state index < -0.39 is 28.7 Å². The molecule has 5 rings (SSSR count). The molecule has 0 amide bonds. The molecule has 5 aromatic rings. The molecule has 0 aliphatic rings. The van der Waals surface area contributed by atoms with E-state index in [2.05, 4.69) is 26.0 Å². The normalized spacial score (nSPS) is 11.3. The number of aromatic nitrogens is 2. The maximum Gasteiger partial charge on any atom is 0.341 e. The highest BCUT2D eigenvalue weighted by atomic mass is 79.9. The number of ether oxygens (including phenoxy) is 2. The number of hydrogen-bond donors (Lipinski definition) is 1. The van der Waals surface area contributed by atoms with E-state index in [0.29, 0.717) is 16.5 Å². The van der Waals surface area contributed by atoms with Crippen molar-refractivity contribution >= 4 is 55.7 Å². The summed E-state index contributed by atoms with van der Waals surface area (Å²) in [6, 6.07) is 16.5. The number of hydrogen-bond acceptors (Lipinski definition) is 9. The predicted octanol–water partition coefficient (Wildman–Crippen LogP) is 5.22. The Labute approximate surface area is 233 Å². The van der Waals surface area contributed by atoms with Crippen LogP contribution in [0.15, 0.2) is 79.4 Å². The van der Waals surface area contributed by atoms with Crippen molar-refractivity contribution in [2.45, 2.75) is 6.92 Å². The Morgan fingerprint density at radius 3 is 2.75 bits per heavy atom. The topological polar surface area (TPSA) is 159 Å². The molecule has 40 heavy (non-hydrogen) atoms. The van der Waals surface area contributed by atoms with Gasteiger partial charge in [0.05, 0.1) is 28.6 Å². The first-order valence-corrected chi connectivity index (χ1v) is 12.6. The summed E-state index contributed by atoms with van der Waals surface area (Å²) in [5.74, 6) is -1.28. The van der Waals surface area contributed by atoms with Crippen molar-refractivity contribution in [3.63, 3.8) is 0 Å². The fourth-order valence-corrected chi connectivity index (χ4v) is 4.38. The number of nitro benzene ring substituents is 1. The third kappa shape index (κ3) is 5.27. The number of aliphatic carboxylic acids is 1. The lowest BCUT2D eigenvalue weighted by molar-refractivity contribution is -0.385. The standard InChI is InChI=1S/C27H19BrN4O8/c1-2-38-22-10-15(9-20(32(36)37)25(22)39-14-24(33)34)13-29-31-26(30-19-6-4-3-5-18(19)27(31)35)23-12-16-11-17(28)7-8-21(16)40-23/h3-13H,2,14H2,1H3,(H,33,34). The fourth-order valence-electron chi connectivity index (χ4n) is 4.00. The van der Waals surface area contributed by atoms with Gasteiger partial charge in [0, 0.05) is 21.5 Å². The Bertz CT molecular complexity index is 1880. The second-order valence-electron chi connectivity index (χ2n) is 8.35. The second kappa shape index (κ2) is 11.0. The lowest BCUT2D eigenvalue weighted by atomic mass is 10.2. The molecule has 0 radical (unpaired) electrons. The van der Waals surface area contributed by atoms with E-state index in [1.165, 1.54) is 12.3 Å². The van der Waals surface area contributed by atoms with Gasteiger partial charge < -0.3 is 19.0 Å². The van der Waals surface area contributed by atoms with E-state index >= 15 is 0 Å². The van der Waals surface area contributed by atoms with Crippen molar-refractivity contribution in [1.82, 2.24) is 9.66 Å². The number of para-hydroxylation sites is 1. The Morgan fingerprint density at radius 2 is 2.00 bits per heavy atom. The third-order valence-corrected chi connectivity index (χ3v) is 6.16. The Hall–Kier alpha value is -5.04.